The summed E-state index contributed by atoms with van der Waals surface area (Å²) in [4.78, 5) is 8.69. The summed E-state index contributed by atoms with van der Waals surface area (Å²) in [5.74, 6) is 1.03. The maximum atomic E-state index is 6.25. The van der Waals surface area contributed by atoms with Crippen LogP contribution in [-0.2, 0) is 19.9 Å². The smallest absolute Gasteiger partial charge is 0.111 e. The molecule has 0 radical (unpaired) electrons. The van der Waals surface area contributed by atoms with Gasteiger partial charge in [-0.3, -0.25) is 4.98 Å². The second-order valence-corrected chi connectivity index (χ2v) is 5.10. The minimum absolute atomic E-state index is 0.0629. The van der Waals surface area contributed by atoms with Crippen LogP contribution < -0.4 is 5.73 Å². The molecule has 0 bridgehead atoms. The first kappa shape index (κ1) is 12.8. The minimum Gasteiger partial charge on any atom is -0.331 e. The van der Waals surface area contributed by atoms with Gasteiger partial charge in [0, 0.05) is 31.9 Å². The van der Waals surface area contributed by atoms with Crippen molar-refractivity contribution in [2.45, 2.75) is 18.9 Å². The van der Waals surface area contributed by atoms with Gasteiger partial charge in [-0.05, 0) is 36.2 Å². The van der Waals surface area contributed by atoms with Crippen molar-refractivity contribution in [2.75, 3.05) is 0 Å². The van der Waals surface area contributed by atoms with Gasteiger partial charge in [-0.1, -0.05) is 12.1 Å². The van der Waals surface area contributed by atoms with Crippen LogP contribution in [-0.4, -0.2) is 20.6 Å². The van der Waals surface area contributed by atoms with Crippen LogP contribution in [0.25, 0.3) is 11.0 Å². The summed E-state index contributed by atoms with van der Waals surface area (Å²) in [6.45, 7) is 0. The van der Waals surface area contributed by atoms with Crippen molar-refractivity contribution < 1.29 is 0 Å². The van der Waals surface area contributed by atoms with Crippen molar-refractivity contribution in [3.05, 3.63) is 60.2 Å². The molecule has 0 fully saturated rings. The summed E-state index contributed by atoms with van der Waals surface area (Å²) in [5.41, 5.74) is 9.65. The van der Waals surface area contributed by atoms with Crippen LogP contribution in [0.3, 0.4) is 0 Å². The van der Waals surface area contributed by atoms with E-state index < -0.39 is 0 Å². The number of benzene rings is 1. The summed E-state index contributed by atoms with van der Waals surface area (Å²) in [5, 5.41) is 0. The number of nitrogens with two attached hydrogens (primary N) is 1. The fraction of sp³-hybridized carbons (Fsp3) is 0.250. The third-order valence-electron chi connectivity index (χ3n) is 3.57. The van der Waals surface area contributed by atoms with Gasteiger partial charge in [0.15, 0.2) is 0 Å². The molecule has 0 aliphatic rings. The van der Waals surface area contributed by atoms with Gasteiger partial charge in [0.05, 0.1) is 11.0 Å². The molecule has 2 aromatic heterocycles. The maximum absolute atomic E-state index is 6.25. The highest BCUT2D eigenvalue weighted by molar-refractivity contribution is 5.75. The summed E-state index contributed by atoms with van der Waals surface area (Å²) in [7, 11) is 2.05. The quantitative estimate of drug-likeness (QED) is 0.786. The van der Waals surface area contributed by atoms with E-state index in [0.29, 0.717) is 0 Å². The molecular formula is C16H18N4. The highest BCUT2D eigenvalue weighted by Gasteiger charge is 2.12. The fourth-order valence-corrected chi connectivity index (χ4v) is 2.51. The van der Waals surface area contributed by atoms with E-state index in [2.05, 4.69) is 20.6 Å². The summed E-state index contributed by atoms with van der Waals surface area (Å²) in [6, 6.07) is 12.2. The third kappa shape index (κ3) is 2.56. The number of rotatable bonds is 4. The number of hydrogen-bond donors (Lipinski definition) is 1. The third-order valence-corrected chi connectivity index (χ3v) is 3.57. The monoisotopic (exact) mass is 266 g/mol. The van der Waals surface area contributed by atoms with Crippen LogP contribution >= 0.6 is 0 Å². The number of para-hydroxylation sites is 2. The Hall–Kier alpha value is -2.20. The first-order valence-electron chi connectivity index (χ1n) is 6.79. The highest BCUT2D eigenvalue weighted by Crippen LogP contribution is 2.15. The highest BCUT2D eigenvalue weighted by atomic mass is 15.1. The van der Waals surface area contributed by atoms with Crippen LogP contribution in [0.1, 0.15) is 11.4 Å². The zero-order valence-electron chi connectivity index (χ0n) is 11.5. The van der Waals surface area contributed by atoms with Crippen LogP contribution in [0.15, 0.2) is 48.8 Å². The normalized spacial score (nSPS) is 12.7. The van der Waals surface area contributed by atoms with Gasteiger partial charge in [-0.25, -0.2) is 4.98 Å². The molecule has 4 nitrogen and oxygen atoms in total. The first-order chi connectivity index (χ1) is 9.74. The van der Waals surface area contributed by atoms with Crippen LogP contribution in [0.4, 0.5) is 0 Å². The molecule has 2 heterocycles. The molecular weight excluding hydrogens is 248 g/mol. The minimum atomic E-state index is 0.0629. The second kappa shape index (κ2) is 5.43. The molecule has 2 N–H and O–H groups in total. The Balaban J connectivity index is 1.77. The van der Waals surface area contributed by atoms with Crippen molar-refractivity contribution in [3.63, 3.8) is 0 Å². The van der Waals surface area contributed by atoms with E-state index in [0.717, 1.165) is 29.7 Å². The number of hydrogen-bond acceptors (Lipinski definition) is 3. The van der Waals surface area contributed by atoms with Gasteiger partial charge >= 0.3 is 0 Å². The molecule has 1 aromatic carbocycles. The van der Waals surface area contributed by atoms with Crippen LogP contribution in [0, 0.1) is 0 Å². The first-order valence-corrected chi connectivity index (χ1v) is 6.79. The zero-order valence-corrected chi connectivity index (χ0v) is 11.5. The van der Waals surface area contributed by atoms with Crippen LogP contribution in [0.2, 0.25) is 0 Å². The molecule has 0 amide bonds. The Bertz CT molecular complexity index is 703. The van der Waals surface area contributed by atoms with E-state index in [4.69, 9.17) is 5.73 Å². The predicted octanol–water partition coefficient (Wildman–Crippen LogP) is 2.08. The fourth-order valence-electron chi connectivity index (χ4n) is 2.51. The standard InChI is InChI=1S/C16H18N4/c1-20-15-5-3-2-4-14(15)19-16(20)11-13(17)10-12-6-8-18-9-7-12/h2-9,13H,10-11,17H2,1H3. The zero-order chi connectivity index (χ0) is 13.9. The lowest BCUT2D eigenvalue weighted by molar-refractivity contribution is 0.625. The molecule has 1 unspecified atom stereocenters. The van der Waals surface area contributed by atoms with E-state index in [9.17, 15) is 0 Å². The summed E-state index contributed by atoms with van der Waals surface area (Å²) >= 11 is 0. The molecule has 0 spiro atoms. The Morgan fingerprint density at radius 2 is 1.85 bits per heavy atom. The molecule has 0 saturated heterocycles. The van der Waals surface area contributed by atoms with Crippen molar-refractivity contribution in [3.8, 4) is 0 Å². The second-order valence-electron chi connectivity index (χ2n) is 5.10. The molecule has 0 aliphatic carbocycles. The molecule has 3 aromatic rings. The Morgan fingerprint density at radius 1 is 1.10 bits per heavy atom. The van der Waals surface area contributed by atoms with Crippen molar-refractivity contribution in [1.29, 1.82) is 0 Å². The molecule has 0 aliphatic heterocycles. The number of pyridine rings is 1. The molecule has 3 rings (SSSR count). The topological polar surface area (TPSA) is 56.7 Å². The molecule has 1 atom stereocenters. The van der Waals surface area contributed by atoms with E-state index in [1.807, 2.05) is 37.4 Å². The summed E-state index contributed by atoms with van der Waals surface area (Å²) < 4.78 is 2.13. The van der Waals surface area contributed by atoms with Gasteiger partial charge in [0.25, 0.3) is 0 Å². The lowest BCUT2D eigenvalue weighted by Crippen LogP contribution is -2.26. The average molecular weight is 266 g/mol. The van der Waals surface area contributed by atoms with Gasteiger partial charge < -0.3 is 10.3 Å². The lowest BCUT2D eigenvalue weighted by atomic mass is 10.1. The Morgan fingerprint density at radius 3 is 2.60 bits per heavy atom. The number of aromatic nitrogens is 3. The lowest BCUT2D eigenvalue weighted by Gasteiger charge is -2.11. The van der Waals surface area contributed by atoms with E-state index in [1.165, 1.54) is 5.56 Å². The Labute approximate surface area is 118 Å². The average Bonchev–Trinajstić information content (AvgIpc) is 2.77. The SMILES string of the molecule is Cn1c(CC(N)Cc2ccncc2)nc2ccccc21. The van der Waals surface area contributed by atoms with E-state index in [-0.39, 0.29) is 6.04 Å². The number of fused-ring (bicyclic) bond motifs is 1. The summed E-state index contributed by atoms with van der Waals surface area (Å²) in [6.07, 6.45) is 5.22. The van der Waals surface area contributed by atoms with Crippen molar-refractivity contribution >= 4 is 11.0 Å². The number of aryl methyl sites for hydroxylation is 1. The Kier molecular flexibility index (Phi) is 3.48. The molecule has 102 valence electrons. The maximum Gasteiger partial charge on any atom is 0.111 e. The molecule has 20 heavy (non-hydrogen) atoms. The largest absolute Gasteiger partial charge is 0.331 e. The van der Waals surface area contributed by atoms with E-state index in [1.54, 1.807) is 12.4 Å². The van der Waals surface area contributed by atoms with Crippen molar-refractivity contribution in [2.24, 2.45) is 12.8 Å². The van der Waals surface area contributed by atoms with Gasteiger partial charge in [0.1, 0.15) is 5.82 Å². The number of imidazole rings is 1. The van der Waals surface area contributed by atoms with Crippen LogP contribution in [0.5, 0.6) is 0 Å². The van der Waals surface area contributed by atoms with Gasteiger partial charge in [0.2, 0.25) is 0 Å². The van der Waals surface area contributed by atoms with Crippen molar-refractivity contribution in [1.82, 2.24) is 14.5 Å². The van der Waals surface area contributed by atoms with Gasteiger partial charge in [-0.15, -0.1) is 0 Å². The predicted molar refractivity (Wildman–Crippen MR) is 80.3 cm³/mol. The molecule has 4 heteroatoms. The van der Waals surface area contributed by atoms with E-state index >= 15 is 0 Å². The number of nitrogens with zero attached hydrogens (tertiary/aromatic N) is 3. The molecule has 0 saturated carbocycles. The van der Waals surface area contributed by atoms with Gasteiger partial charge in [-0.2, -0.15) is 0 Å².